The fraction of sp³-hybridized carbons (Fsp3) is 0.500. The second-order valence-electron chi connectivity index (χ2n) is 10.2. The van der Waals surface area contributed by atoms with Gasteiger partial charge in [0, 0.05) is 32.9 Å². The quantitative estimate of drug-likeness (QED) is 0.412. The van der Waals surface area contributed by atoms with Gasteiger partial charge >= 0.3 is 11.9 Å². The predicted octanol–water partition coefficient (Wildman–Crippen LogP) is 3.42. The molecule has 2 heterocycles. The van der Waals surface area contributed by atoms with Gasteiger partial charge in [-0.05, 0) is 26.0 Å². The second kappa shape index (κ2) is 8.60. The molecular weight excluding hydrogens is 408 g/mol. The van der Waals surface area contributed by atoms with Gasteiger partial charge in [-0.25, -0.2) is 9.59 Å². The van der Waals surface area contributed by atoms with Gasteiger partial charge in [-0.15, -0.1) is 0 Å². The standard InChI is InChI=1S/C24H35N4O4/c1-9-31-23(29)21-17(13-27(3,4)5)15-11-16-18(14-28(6,7)8)22(24(30)32-10-2)26-20(16)12-19(15)25-21/h11-12H,9-10,13-14H2,1-8H3,(H-,25,26,29,30)/q+1/p+1. The fourth-order valence-corrected chi connectivity index (χ4v) is 4.03. The Labute approximate surface area is 189 Å². The van der Waals surface area contributed by atoms with Crippen LogP contribution >= 0.6 is 0 Å². The van der Waals surface area contributed by atoms with Crippen molar-refractivity contribution >= 4 is 33.7 Å². The number of hydrogen-bond acceptors (Lipinski definition) is 4. The number of fused-ring (bicyclic) bond motifs is 2. The topological polar surface area (TPSA) is 84.2 Å². The molecule has 0 bridgehead atoms. The Morgan fingerprint density at radius 1 is 0.719 bits per heavy atom. The van der Waals surface area contributed by atoms with Crippen LogP contribution in [0.1, 0.15) is 46.0 Å². The van der Waals surface area contributed by atoms with Crippen molar-refractivity contribution < 1.29 is 28.0 Å². The zero-order valence-corrected chi connectivity index (χ0v) is 20.5. The lowest BCUT2D eigenvalue weighted by atomic mass is 10.0. The summed E-state index contributed by atoms with van der Waals surface area (Å²) in [7, 11) is 12.5. The lowest BCUT2D eigenvalue weighted by Crippen LogP contribution is -2.34. The number of rotatable bonds is 8. The highest BCUT2D eigenvalue weighted by Gasteiger charge is 2.27. The summed E-state index contributed by atoms with van der Waals surface area (Å²) >= 11 is 0. The molecule has 0 atom stereocenters. The summed E-state index contributed by atoms with van der Waals surface area (Å²) in [5.74, 6) is -0.704. The third-order valence-electron chi connectivity index (χ3n) is 5.15. The lowest BCUT2D eigenvalue weighted by molar-refractivity contribution is -0.883. The number of aromatic nitrogens is 2. The minimum absolute atomic E-state index is 0.315. The summed E-state index contributed by atoms with van der Waals surface area (Å²) in [5, 5.41) is 1.93. The molecule has 1 aromatic carbocycles. The molecule has 174 valence electrons. The number of hydrogen-bond donors (Lipinski definition) is 2. The average Bonchev–Trinajstić information content (AvgIpc) is 3.16. The van der Waals surface area contributed by atoms with Crippen LogP contribution in [0.3, 0.4) is 0 Å². The first-order valence-electron chi connectivity index (χ1n) is 11.0. The van der Waals surface area contributed by atoms with E-state index in [1.54, 1.807) is 13.8 Å². The average molecular weight is 445 g/mol. The first kappa shape index (κ1) is 23.8. The van der Waals surface area contributed by atoms with Crippen LogP contribution in [0.15, 0.2) is 12.1 Å². The van der Waals surface area contributed by atoms with E-state index in [1.165, 1.54) is 0 Å². The van der Waals surface area contributed by atoms with Gasteiger partial charge in [0.2, 0.25) is 0 Å². The van der Waals surface area contributed by atoms with Gasteiger partial charge in [-0.1, -0.05) is 0 Å². The highest BCUT2D eigenvalue weighted by molar-refractivity contribution is 6.06. The van der Waals surface area contributed by atoms with Crippen LogP contribution in [0, 0.1) is 0 Å². The first-order chi connectivity index (χ1) is 14.8. The molecule has 0 unspecified atom stereocenters. The number of carbonyl (C=O) groups is 2. The van der Waals surface area contributed by atoms with E-state index >= 15 is 0 Å². The number of H-pyrrole nitrogens is 2. The summed E-state index contributed by atoms with van der Waals surface area (Å²) in [6, 6.07) is 4.05. The van der Waals surface area contributed by atoms with E-state index in [1.807, 2.05) is 6.07 Å². The molecule has 32 heavy (non-hydrogen) atoms. The predicted molar refractivity (Wildman–Crippen MR) is 126 cm³/mol. The third-order valence-corrected chi connectivity index (χ3v) is 5.15. The van der Waals surface area contributed by atoms with Crippen molar-refractivity contribution in [1.82, 2.24) is 9.97 Å². The van der Waals surface area contributed by atoms with E-state index in [4.69, 9.17) is 9.47 Å². The summed E-state index contributed by atoms with van der Waals surface area (Å²) in [4.78, 5) is 31.9. The number of carbonyl (C=O) groups excluding carboxylic acids is 2. The van der Waals surface area contributed by atoms with Gasteiger partial charge in [0.1, 0.15) is 24.5 Å². The lowest BCUT2D eigenvalue weighted by Gasteiger charge is -2.24. The Kier molecular flexibility index (Phi) is 6.40. The van der Waals surface area contributed by atoms with E-state index in [0.29, 0.717) is 46.7 Å². The molecule has 0 radical (unpaired) electrons. The Balaban J connectivity index is 2.30. The molecule has 0 saturated heterocycles. The monoisotopic (exact) mass is 444 g/mol. The summed E-state index contributed by atoms with van der Waals surface area (Å²) in [5.41, 5.74) is 4.48. The van der Waals surface area contributed by atoms with E-state index in [0.717, 1.165) is 32.9 Å². The van der Waals surface area contributed by atoms with Crippen molar-refractivity contribution in [3.63, 3.8) is 0 Å². The van der Waals surface area contributed by atoms with Gasteiger partial charge in [0.25, 0.3) is 0 Å². The minimum atomic E-state index is -0.352. The number of ether oxygens (including phenoxy) is 2. The highest BCUT2D eigenvalue weighted by atomic mass is 16.5. The van der Waals surface area contributed by atoms with Gasteiger partial charge in [0.15, 0.2) is 0 Å². The molecule has 2 N–H and O–H groups in total. The maximum Gasteiger partial charge on any atom is 0.355 e. The molecule has 0 fully saturated rings. The van der Waals surface area contributed by atoms with Crippen LogP contribution in [0.25, 0.3) is 21.8 Å². The Morgan fingerprint density at radius 2 is 1.09 bits per heavy atom. The van der Waals surface area contributed by atoms with E-state index in [-0.39, 0.29) is 11.9 Å². The van der Waals surface area contributed by atoms with E-state index in [2.05, 4.69) is 58.3 Å². The first-order valence-corrected chi connectivity index (χ1v) is 11.0. The summed E-state index contributed by atoms with van der Waals surface area (Å²) in [6.45, 7) is 5.54. The molecule has 0 aliphatic carbocycles. The van der Waals surface area contributed by atoms with E-state index in [9.17, 15) is 9.59 Å². The van der Waals surface area contributed by atoms with Gasteiger partial charge in [-0.2, -0.15) is 0 Å². The number of esters is 2. The third kappa shape index (κ3) is 4.97. The SMILES string of the molecule is CCOC(=O)c1[nH]c2cc3[nH]c(C(=O)OCC)c(C[N+](C)(C)C)c3cc2c1C[N+](C)(C)C. The molecule has 0 spiro atoms. The van der Waals surface area contributed by atoms with Crippen molar-refractivity contribution in [2.45, 2.75) is 26.9 Å². The molecule has 3 aromatic rings. The maximum atomic E-state index is 12.7. The number of nitrogens with one attached hydrogen (secondary N) is 2. The molecule has 0 aliphatic rings. The molecule has 0 aliphatic heterocycles. The van der Waals surface area contributed by atoms with Crippen LogP contribution < -0.4 is 0 Å². The smallest absolute Gasteiger partial charge is 0.355 e. The number of benzene rings is 1. The van der Waals surface area contributed by atoms with Crippen LogP contribution in [-0.4, -0.2) is 86.4 Å². The molecule has 8 nitrogen and oxygen atoms in total. The Hall–Kier alpha value is -2.84. The van der Waals surface area contributed by atoms with Crippen molar-refractivity contribution in [3.8, 4) is 0 Å². The molecular formula is C24H36N4O4+2. The second-order valence-corrected chi connectivity index (χ2v) is 10.2. The van der Waals surface area contributed by atoms with Gasteiger partial charge in [0.05, 0.1) is 55.5 Å². The minimum Gasteiger partial charge on any atom is -0.461 e. The molecule has 3 rings (SSSR count). The van der Waals surface area contributed by atoms with Gasteiger partial charge in [-0.3, -0.25) is 0 Å². The van der Waals surface area contributed by atoms with Crippen molar-refractivity contribution in [2.75, 3.05) is 55.5 Å². The molecule has 2 aromatic heterocycles. The Morgan fingerprint density at radius 3 is 1.41 bits per heavy atom. The number of quaternary nitrogens is 2. The Bertz CT molecular complexity index is 1070. The van der Waals surface area contributed by atoms with Crippen molar-refractivity contribution in [3.05, 3.63) is 34.6 Å². The van der Waals surface area contributed by atoms with Crippen LogP contribution in [0.2, 0.25) is 0 Å². The van der Waals surface area contributed by atoms with Crippen LogP contribution in [0.5, 0.6) is 0 Å². The number of aromatic amines is 2. The van der Waals surface area contributed by atoms with Gasteiger partial charge < -0.3 is 28.4 Å². The highest BCUT2D eigenvalue weighted by Crippen LogP contribution is 2.33. The van der Waals surface area contributed by atoms with Crippen molar-refractivity contribution in [2.24, 2.45) is 0 Å². The largest absolute Gasteiger partial charge is 0.461 e. The fourth-order valence-electron chi connectivity index (χ4n) is 4.03. The molecule has 0 saturated carbocycles. The normalized spacial score (nSPS) is 12.5. The number of nitrogens with zero attached hydrogens (tertiary/aromatic N) is 2. The molecule has 0 amide bonds. The maximum absolute atomic E-state index is 12.7. The zero-order valence-electron chi connectivity index (χ0n) is 20.5. The summed E-state index contributed by atoms with van der Waals surface area (Å²) < 4.78 is 11.9. The van der Waals surface area contributed by atoms with Crippen LogP contribution in [-0.2, 0) is 22.6 Å². The van der Waals surface area contributed by atoms with Crippen molar-refractivity contribution in [1.29, 1.82) is 0 Å². The van der Waals surface area contributed by atoms with Crippen LogP contribution in [0.4, 0.5) is 0 Å². The summed E-state index contributed by atoms with van der Waals surface area (Å²) in [6.07, 6.45) is 0. The van der Waals surface area contributed by atoms with E-state index < -0.39 is 0 Å². The zero-order chi connectivity index (χ0) is 23.8. The molecule has 8 heteroatoms.